The third kappa shape index (κ3) is 4.21. The molecular formula is C27H34N6O. The van der Waals surface area contributed by atoms with E-state index in [2.05, 4.69) is 84.5 Å². The van der Waals surface area contributed by atoms with Crippen molar-refractivity contribution in [3.05, 3.63) is 65.1 Å². The molecule has 1 atom stereocenters. The highest BCUT2D eigenvalue weighted by atomic mass is 16.5. The zero-order valence-electron chi connectivity index (χ0n) is 20.9. The van der Waals surface area contributed by atoms with Gasteiger partial charge in [0.1, 0.15) is 6.10 Å². The van der Waals surface area contributed by atoms with E-state index >= 15 is 0 Å². The number of hydrogen-bond acceptors (Lipinski definition) is 5. The number of ether oxygens (including phenoxy) is 1. The van der Waals surface area contributed by atoms with Crippen LogP contribution in [0.5, 0.6) is 5.88 Å². The van der Waals surface area contributed by atoms with Gasteiger partial charge in [-0.05, 0) is 56.3 Å². The fourth-order valence-electron chi connectivity index (χ4n) is 4.99. The standard InChI is InChI=1S/C27H34N6O/c1-18-7-9-21-13-23(18)19(2)8-10-22-25(29-33-12-11-30(4)17-26(22)33)16-31(5)15-20(3)34-27-24(21)14-28-32(27)6/h7-10,13-14,20H,2,11-12,15-17H2,1,3-6H3/b10-8+. The largest absolute Gasteiger partial charge is 0.473 e. The molecule has 7 nitrogen and oxygen atoms in total. The van der Waals surface area contributed by atoms with Gasteiger partial charge in [0.05, 0.1) is 29.7 Å². The predicted octanol–water partition coefficient (Wildman–Crippen LogP) is 3.98. The van der Waals surface area contributed by atoms with Gasteiger partial charge in [-0.3, -0.25) is 14.5 Å². The zero-order valence-corrected chi connectivity index (χ0v) is 20.9. The average Bonchev–Trinajstić information content (AvgIpc) is 3.31. The van der Waals surface area contributed by atoms with Crippen molar-refractivity contribution in [1.29, 1.82) is 0 Å². The Balaban J connectivity index is 1.63. The molecule has 0 radical (unpaired) electrons. The number of hydrogen-bond donors (Lipinski definition) is 0. The lowest BCUT2D eigenvalue weighted by molar-refractivity contribution is 0.148. The highest BCUT2D eigenvalue weighted by molar-refractivity contribution is 5.82. The van der Waals surface area contributed by atoms with Gasteiger partial charge in [-0.1, -0.05) is 30.9 Å². The first-order valence-corrected chi connectivity index (χ1v) is 11.9. The Morgan fingerprint density at radius 2 is 1.85 bits per heavy atom. The SMILES string of the molecule is C=C1/C=C/c2c(nn3c2CN(C)CC3)CN(C)CC(C)Oc2c(cnn2C)-c2ccc(C)c1c2. The van der Waals surface area contributed by atoms with Crippen LogP contribution < -0.4 is 4.74 Å². The molecule has 1 aromatic carbocycles. The summed E-state index contributed by atoms with van der Waals surface area (Å²) in [4.78, 5) is 4.64. The first-order valence-electron chi connectivity index (χ1n) is 11.9. The summed E-state index contributed by atoms with van der Waals surface area (Å²) >= 11 is 0. The van der Waals surface area contributed by atoms with Crippen LogP contribution in [-0.2, 0) is 26.7 Å². The Morgan fingerprint density at radius 3 is 2.68 bits per heavy atom. The van der Waals surface area contributed by atoms with Crippen molar-refractivity contribution in [2.75, 3.05) is 27.2 Å². The lowest BCUT2D eigenvalue weighted by Gasteiger charge is -2.23. The first kappa shape index (κ1) is 22.6. The Morgan fingerprint density at radius 1 is 1.03 bits per heavy atom. The van der Waals surface area contributed by atoms with Crippen LogP contribution in [0.3, 0.4) is 0 Å². The van der Waals surface area contributed by atoms with Crippen molar-refractivity contribution in [2.24, 2.45) is 7.05 Å². The summed E-state index contributed by atoms with van der Waals surface area (Å²) < 4.78 is 10.4. The number of rotatable bonds is 0. The van der Waals surface area contributed by atoms with E-state index in [-0.39, 0.29) is 6.10 Å². The van der Waals surface area contributed by atoms with Crippen molar-refractivity contribution in [3.8, 4) is 17.0 Å². The minimum Gasteiger partial charge on any atom is -0.473 e. The topological polar surface area (TPSA) is 51.4 Å². The number of nitrogens with zero attached hydrogens (tertiary/aromatic N) is 6. The lowest BCUT2D eigenvalue weighted by atomic mass is 9.96. The predicted molar refractivity (Wildman–Crippen MR) is 136 cm³/mol. The van der Waals surface area contributed by atoms with Crippen LogP contribution in [-0.4, -0.2) is 62.6 Å². The quantitative estimate of drug-likeness (QED) is 0.510. The molecule has 0 fully saturated rings. The second-order valence-electron chi connectivity index (χ2n) is 9.77. The molecule has 0 aliphatic carbocycles. The van der Waals surface area contributed by atoms with Crippen LogP contribution in [0.15, 0.2) is 37.1 Å². The average molecular weight is 459 g/mol. The van der Waals surface area contributed by atoms with E-state index in [1.54, 1.807) is 0 Å². The second kappa shape index (κ2) is 8.89. The van der Waals surface area contributed by atoms with Gasteiger partial charge in [0.15, 0.2) is 0 Å². The van der Waals surface area contributed by atoms with E-state index in [9.17, 15) is 0 Å². The molecule has 1 unspecified atom stereocenters. The van der Waals surface area contributed by atoms with Gasteiger partial charge in [0.2, 0.25) is 5.88 Å². The van der Waals surface area contributed by atoms with E-state index in [1.165, 1.54) is 16.8 Å². The summed E-state index contributed by atoms with van der Waals surface area (Å²) in [7, 11) is 6.23. The molecule has 0 amide bonds. The Hall–Kier alpha value is -3.16. The normalized spacial score (nSPS) is 20.5. The van der Waals surface area contributed by atoms with Crippen LogP contribution in [0, 0.1) is 6.92 Å². The van der Waals surface area contributed by atoms with Crippen molar-refractivity contribution >= 4 is 11.6 Å². The highest BCUT2D eigenvalue weighted by Gasteiger charge is 2.23. The maximum atomic E-state index is 6.44. The van der Waals surface area contributed by atoms with E-state index in [0.29, 0.717) is 0 Å². The minimum absolute atomic E-state index is 0.00785. The number of likely N-dealkylation sites (N-methyl/N-ethyl adjacent to an activating group) is 2. The monoisotopic (exact) mass is 458 g/mol. The molecule has 4 heterocycles. The molecule has 0 N–H and O–H groups in total. The van der Waals surface area contributed by atoms with Crippen LogP contribution in [0.4, 0.5) is 0 Å². The molecular weight excluding hydrogens is 424 g/mol. The summed E-state index contributed by atoms with van der Waals surface area (Å²) in [6.45, 7) is 13.0. The maximum absolute atomic E-state index is 6.44. The van der Waals surface area contributed by atoms with E-state index < -0.39 is 0 Å². The van der Waals surface area contributed by atoms with Gasteiger partial charge in [0.25, 0.3) is 0 Å². The van der Waals surface area contributed by atoms with Crippen LogP contribution in [0.2, 0.25) is 0 Å². The molecule has 0 saturated heterocycles. The Bertz CT molecular complexity index is 1270. The molecule has 0 saturated carbocycles. The number of aryl methyl sites for hydroxylation is 2. The van der Waals surface area contributed by atoms with E-state index in [1.807, 2.05) is 17.9 Å². The molecule has 0 spiro atoms. The zero-order chi connectivity index (χ0) is 24.0. The molecule has 2 bridgehead atoms. The third-order valence-electron chi connectivity index (χ3n) is 6.82. The second-order valence-corrected chi connectivity index (χ2v) is 9.77. The summed E-state index contributed by atoms with van der Waals surface area (Å²) in [6, 6.07) is 6.49. The number of aromatic nitrogens is 4. The molecule has 5 rings (SSSR count). The van der Waals surface area contributed by atoms with Gasteiger partial charge >= 0.3 is 0 Å². The first-order chi connectivity index (χ1) is 16.3. The van der Waals surface area contributed by atoms with Crippen molar-refractivity contribution in [1.82, 2.24) is 29.4 Å². The Labute approximate surface area is 201 Å². The molecule has 34 heavy (non-hydrogen) atoms. The van der Waals surface area contributed by atoms with E-state index in [0.717, 1.165) is 66.6 Å². The minimum atomic E-state index is -0.00785. The Kier molecular flexibility index (Phi) is 5.91. The van der Waals surface area contributed by atoms with Crippen molar-refractivity contribution < 1.29 is 4.74 Å². The summed E-state index contributed by atoms with van der Waals surface area (Å²) in [5.74, 6) is 0.785. The van der Waals surface area contributed by atoms with Crippen molar-refractivity contribution in [3.63, 3.8) is 0 Å². The molecule has 2 aromatic heterocycles. The van der Waals surface area contributed by atoms with E-state index in [4.69, 9.17) is 9.84 Å². The molecule has 7 heteroatoms. The van der Waals surface area contributed by atoms with Crippen LogP contribution in [0.1, 0.15) is 35.0 Å². The number of benzene rings is 1. The number of allylic oxidation sites excluding steroid dienone is 2. The maximum Gasteiger partial charge on any atom is 0.219 e. The van der Waals surface area contributed by atoms with Gasteiger partial charge in [-0.2, -0.15) is 10.2 Å². The third-order valence-corrected chi connectivity index (χ3v) is 6.82. The van der Waals surface area contributed by atoms with Gasteiger partial charge < -0.3 is 4.74 Å². The smallest absolute Gasteiger partial charge is 0.219 e. The lowest BCUT2D eigenvalue weighted by Crippen LogP contribution is -2.31. The fraction of sp³-hybridized carbons (Fsp3) is 0.407. The fourth-order valence-corrected chi connectivity index (χ4v) is 4.99. The van der Waals surface area contributed by atoms with Crippen LogP contribution >= 0.6 is 0 Å². The summed E-state index contributed by atoms with van der Waals surface area (Å²) in [5.41, 5.74) is 8.98. The van der Waals surface area contributed by atoms with Gasteiger partial charge in [-0.25, -0.2) is 4.68 Å². The molecule has 3 aromatic rings. The number of fused-ring (bicyclic) bond motifs is 7. The van der Waals surface area contributed by atoms with Gasteiger partial charge in [-0.15, -0.1) is 0 Å². The summed E-state index contributed by atoms with van der Waals surface area (Å²) in [6.07, 6.45) is 6.23. The van der Waals surface area contributed by atoms with Crippen molar-refractivity contribution in [2.45, 2.75) is 39.6 Å². The summed E-state index contributed by atoms with van der Waals surface area (Å²) in [5, 5.41) is 9.50. The molecule has 2 aliphatic rings. The molecule has 2 aliphatic heterocycles. The van der Waals surface area contributed by atoms with Crippen LogP contribution in [0.25, 0.3) is 22.8 Å². The van der Waals surface area contributed by atoms with Gasteiger partial charge in [0, 0.05) is 38.8 Å². The highest BCUT2D eigenvalue weighted by Crippen LogP contribution is 2.34. The molecule has 178 valence electrons.